The third-order valence-corrected chi connectivity index (χ3v) is 3.95. The fraction of sp³-hybridized carbons (Fsp3) is 0.625. The largest absolute Gasteiger partial charge is 0.468 e. The number of likely N-dealkylation sites (tertiary alicyclic amines) is 1. The lowest BCUT2D eigenvalue weighted by atomic mass is 10.1. The average molecular weight is 330 g/mol. The third-order valence-electron chi connectivity index (χ3n) is 3.95. The van der Waals surface area contributed by atoms with Gasteiger partial charge in [0.2, 0.25) is 5.88 Å². The smallest absolute Gasteiger partial charge is 0.422 e. The number of aromatic nitrogens is 1. The Bertz CT molecular complexity index is 548. The van der Waals surface area contributed by atoms with Crippen LogP contribution in [0.5, 0.6) is 5.88 Å². The molecule has 1 aromatic heterocycles. The second-order valence-corrected chi connectivity index (χ2v) is 6.11. The van der Waals surface area contributed by atoms with Gasteiger partial charge < -0.3 is 9.64 Å². The van der Waals surface area contributed by atoms with Crippen LogP contribution in [0, 0.1) is 5.92 Å². The lowest BCUT2D eigenvalue weighted by molar-refractivity contribution is -0.154. The van der Waals surface area contributed by atoms with Gasteiger partial charge in [-0.25, -0.2) is 4.98 Å². The number of ether oxygens (including phenoxy) is 1. The van der Waals surface area contributed by atoms with E-state index in [1.807, 2.05) is 6.92 Å². The van der Waals surface area contributed by atoms with Crippen molar-refractivity contribution in [3.63, 3.8) is 0 Å². The topological polar surface area (TPSA) is 42.4 Å². The molecule has 1 aliphatic heterocycles. The van der Waals surface area contributed by atoms with Crippen LogP contribution in [0.25, 0.3) is 0 Å². The molecule has 23 heavy (non-hydrogen) atoms. The van der Waals surface area contributed by atoms with Gasteiger partial charge in [0.1, 0.15) is 5.69 Å². The summed E-state index contributed by atoms with van der Waals surface area (Å²) >= 11 is 0. The fourth-order valence-electron chi connectivity index (χ4n) is 2.72. The highest BCUT2D eigenvalue weighted by atomic mass is 19.4. The first-order valence-corrected chi connectivity index (χ1v) is 7.74. The standard InChI is InChI=1S/C16H21F3N2O2/c1-11-5-3-6-12(2)21(9-11)15(22)13-7-4-8-14(20-13)23-10-16(17,18)19/h4,7-8,11-12H,3,5-6,9-10H2,1-2H3. The van der Waals surface area contributed by atoms with E-state index in [9.17, 15) is 18.0 Å². The van der Waals surface area contributed by atoms with Crippen molar-refractivity contribution in [3.8, 4) is 5.88 Å². The van der Waals surface area contributed by atoms with Gasteiger partial charge in [0, 0.05) is 18.7 Å². The number of hydrogen-bond donors (Lipinski definition) is 0. The number of carbonyl (C=O) groups excluding carboxylic acids is 1. The van der Waals surface area contributed by atoms with Crippen LogP contribution in [0.3, 0.4) is 0 Å². The molecule has 4 nitrogen and oxygen atoms in total. The van der Waals surface area contributed by atoms with Crippen LogP contribution in [0.4, 0.5) is 13.2 Å². The number of amides is 1. The Morgan fingerprint density at radius 3 is 2.78 bits per heavy atom. The first-order chi connectivity index (χ1) is 10.8. The summed E-state index contributed by atoms with van der Waals surface area (Å²) in [6.07, 6.45) is -1.39. The molecule has 0 radical (unpaired) electrons. The Morgan fingerprint density at radius 2 is 2.09 bits per heavy atom. The lowest BCUT2D eigenvalue weighted by Crippen LogP contribution is -2.40. The van der Waals surface area contributed by atoms with Crippen molar-refractivity contribution in [3.05, 3.63) is 23.9 Å². The minimum atomic E-state index is -4.43. The Kier molecular flexibility index (Phi) is 5.49. The summed E-state index contributed by atoms with van der Waals surface area (Å²) in [6, 6.07) is 4.40. The van der Waals surface area contributed by atoms with E-state index in [1.165, 1.54) is 18.2 Å². The fourth-order valence-corrected chi connectivity index (χ4v) is 2.72. The number of nitrogens with zero attached hydrogens (tertiary/aromatic N) is 2. The van der Waals surface area contributed by atoms with Gasteiger partial charge in [0.05, 0.1) is 0 Å². The van der Waals surface area contributed by atoms with E-state index in [-0.39, 0.29) is 23.5 Å². The molecule has 1 fully saturated rings. The number of carbonyl (C=O) groups is 1. The Hall–Kier alpha value is -1.79. The molecule has 1 saturated heterocycles. The molecule has 2 unspecified atom stereocenters. The van der Waals surface area contributed by atoms with E-state index >= 15 is 0 Å². The van der Waals surface area contributed by atoms with Crippen LogP contribution in [-0.2, 0) is 0 Å². The maximum atomic E-state index is 12.6. The first kappa shape index (κ1) is 17.6. The predicted octanol–water partition coefficient (Wildman–Crippen LogP) is 3.67. The Morgan fingerprint density at radius 1 is 1.35 bits per heavy atom. The number of rotatable bonds is 3. The van der Waals surface area contributed by atoms with Crippen molar-refractivity contribution >= 4 is 5.91 Å². The van der Waals surface area contributed by atoms with Crippen molar-refractivity contribution in [1.29, 1.82) is 0 Å². The number of alkyl halides is 3. The molecule has 0 saturated carbocycles. The summed E-state index contributed by atoms with van der Waals surface area (Å²) in [5.41, 5.74) is 0.116. The summed E-state index contributed by atoms with van der Waals surface area (Å²) in [7, 11) is 0. The molecule has 128 valence electrons. The molecule has 1 aromatic rings. The van der Waals surface area contributed by atoms with Gasteiger partial charge in [-0.1, -0.05) is 19.4 Å². The first-order valence-electron chi connectivity index (χ1n) is 7.74. The highest BCUT2D eigenvalue weighted by Crippen LogP contribution is 2.23. The molecular weight excluding hydrogens is 309 g/mol. The quantitative estimate of drug-likeness (QED) is 0.849. The summed E-state index contributed by atoms with van der Waals surface area (Å²) in [4.78, 5) is 18.3. The van der Waals surface area contributed by atoms with Crippen LogP contribution in [0.15, 0.2) is 18.2 Å². The van der Waals surface area contributed by atoms with Gasteiger partial charge in [-0.05, 0) is 31.7 Å². The monoisotopic (exact) mass is 330 g/mol. The number of pyridine rings is 1. The molecule has 0 bridgehead atoms. The second kappa shape index (κ2) is 7.19. The normalized spacial score (nSPS) is 22.6. The van der Waals surface area contributed by atoms with Crippen molar-refractivity contribution < 1.29 is 22.7 Å². The van der Waals surface area contributed by atoms with Crippen LogP contribution in [0.1, 0.15) is 43.6 Å². The highest BCUT2D eigenvalue weighted by Gasteiger charge is 2.29. The molecule has 2 heterocycles. The van der Waals surface area contributed by atoms with E-state index in [2.05, 4.69) is 16.6 Å². The minimum Gasteiger partial charge on any atom is -0.468 e. The molecule has 0 spiro atoms. The van der Waals surface area contributed by atoms with Gasteiger partial charge in [-0.3, -0.25) is 4.79 Å². The zero-order valence-corrected chi connectivity index (χ0v) is 13.3. The molecule has 0 aliphatic carbocycles. The van der Waals surface area contributed by atoms with Gasteiger partial charge in [0.25, 0.3) is 5.91 Å². The maximum Gasteiger partial charge on any atom is 0.422 e. The van der Waals surface area contributed by atoms with Crippen molar-refractivity contribution in [1.82, 2.24) is 9.88 Å². The predicted molar refractivity (Wildman–Crippen MR) is 79.3 cm³/mol. The van der Waals surface area contributed by atoms with Gasteiger partial charge in [-0.2, -0.15) is 13.2 Å². The average Bonchev–Trinajstić information content (AvgIpc) is 2.65. The molecule has 0 N–H and O–H groups in total. The Labute approximate surface area is 133 Å². The van der Waals surface area contributed by atoms with Crippen molar-refractivity contribution in [2.24, 2.45) is 5.92 Å². The molecule has 0 aromatic carbocycles. The lowest BCUT2D eigenvalue weighted by Gasteiger charge is -2.28. The van der Waals surface area contributed by atoms with Crippen LogP contribution in [-0.4, -0.2) is 41.2 Å². The SMILES string of the molecule is CC1CCCC(C)N(C(=O)c2cccc(OCC(F)(F)F)n2)C1. The zero-order chi connectivity index (χ0) is 17.0. The van der Waals surface area contributed by atoms with E-state index in [4.69, 9.17) is 0 Å². The van der Waals surface area contributed by atoms with Gasteiger partial charge in [-0.15, -0.1) is 0 Å². The Balaban J connectivity index is 2.12. The molecule has 2 atom stereocenters. The van der Waals surface area contributed by atoms with Crippen LogP contribution >= 0.6 is 0 Å². The van der Waals surface area contributed by atoms with Crippen LogP contribution in [0.2, 0.25) is 0 Å². The van der Waals surface area contributed by atoms with E-state index in [1.54, 1.807) is 4.90 Å². The summed E-state index contributed by atoms with van der Waals surface area (Å²) in [6.45, 7) is 3.29. The van der Waals surface area contributed by atoms with E-state index < -0.39 is 12.8 Å². The van der Waals surface area contributed by atoms with E-state index in [0.717, 1.165) is 19.3 Å². The van der Waals surface area contributed by atoms with Gasteiger partial charge >= 0.3 is 6.18 Å². The molecule has 2 rings (SSSR count). The molecular formula is C16H21F3N2O2. The number of hydrogen-bond acceptors (Lipinski definition) is 3. The number of halogens is 3. The van der Waals surface area contributed by atoms with Crippen molar-refractivity contribution in [2.75, 3.05) is 13.2 Å². The van der Waals surface area contributed by atoms with E-state index in [0.29, 0.717) is 12.5 Å². The highest BCUT2D eigenvalue weighted by molar-refractivity contribution is 5.92. The van der Waals surface area contributed by atoms with Crippen LogP contribution < -0.4 is 4.74 Å². The maximum absolute atomic E-state index is 12.6. The molecule has 7 heteroatoms. The van der Waals surface area contributed by atoms with Gasteiger partial charge in [0.15, 0.2) is 6.61 Å². The zero-order valence-electron chi connectivity index (χ0n) is 13.3. The minimum absolute atomic E-state index is 0.0917. The summed E-state index contributed by atoms with van der Waals surface area (Å²) in [5, 5.41) is 0. The molecule has 1 amide bonds. The molecule has 1 aliphatic rings. The second-order valence-electron chi connectivity index (χ2n) is 6.11. The third kappa shape index (κ3) is 5.11. The summed E-state index contributed by atoms with van der Waals surface area (Å²) < 4.78 is 41.2. The summed E-state index contributed by atoms with van der Waals surface area (Å²) in [5.74, 6) is -0.0547. The van der Waals surface area contributed by atoms with Crippen molar-refractivity contribution in [2.45, 2.75) is 45.3 Å².